The van der Waals surface area contributed by atoms with Gasteiger partial charge in [0.05, 0.1) is 11.0 Å². The fourth-order valence-electron chi connectivity index (χ4n) is 4.78. The van der Waals surface area contributed by atoms with Gasteiger partial charge in [-0.25, -0.2) is 19.2 Å². The lowest BCUT2D eigenvalue weighted by molar-refractivity contribution is -0.139. The molecule has 1 atom stereocenters. The number of rotatable bonds is 5. The number of nitrogens with one attached hydrogen (secondary N) is 4. The van der Waals surface area contributed by atoms with Crippen LogP contribution in [0.4, 0.5) is 15.3 Å². The third-order valence-electron chi connectivity index (χ3n) is 6.67. The first kappa shape index (κ1) is 22.5. The minimum absolute atomic E-state index is 0.00193. The normalized spacial score (nSPS) is 17.1. The van der Waals surface area contributed by atoms with Gasteiger partial charge in [0.15, 0.2) is 0 Å². The molecule has 0 bridgehead atoms. The number of para-hydroxylation sites is 1. The van der Waals surface area contributed by atoms with Crippen molar-refractivity contribution >= 4 is 34.8 Å². The standard InChI is InChI=1S/C24H26N6O5/c31-21(32)20(12-14-5-6-18-19(11-14)26-22(33)25-18)28-23(34)29-9-7-16(8-10-29)30-13-15-3-1-2-4-17(15)27-24(30)35/h1-6,11,16,20H,7-10,12-13H2,(H,27,35)(H,28,34)(H,31,32)(H2,25,26,33). The first-order valence-electron chi connectivity index (χ1n) is 11.5. The summed E-state index contributed by atoms with van der Waals surface area (Å²) in [5.74, 6) is -1.14. The first-order chi connectivity index (χ1) is 16.9. The number of hydrogen-bond acceptors (Lipinski definition) is 4. The number of amides is 4. The maximum absolute atomic E-state index is 12.8. The van der Waals surface area contributed by atoms with Gasteiger partial charge in [-0.05, 0) is 42.2 Å². The molecule has 1 fully saturated rings. The number of aliphatic carboxylic acids is 1. The predicted octanol–water partition coefficient (Wildman–Crippen LogP) is 2.07. The monoisotopic (exact) mass is 478 g/mol. The highest BCUT2D eigenvalue weighted by Gasteiger charge is 2.33. The number of imidazole rings is 1. The lowest BCUT2D eigenvalue weighted by Crippen LogP contribution is -2.54. The van der Waals surface area contributed by atoms with Gasteiger partial charge in [-0.15, -0.1) is 0 Å². The maximum atomic E-state index is 12.8. The molecule has 5 rings (SSSR count). The van der Waals surface area contributed by atoms with Gasteiger partial charge >= 0.3 is 23.7 Å². The molecule has 182 valence electrons. The van der Waals surface area contributed by atoms with Gasteiger partial charge in [0.1, 0.15) is 6.04 Å². The number of nitrogens with zero attached hydrogens (tertiary/aromatic N) is 2. The molecule has 35 heavy (non-hydrogen) atoms. The topological polar surface area (TPSA) is 151 Å². The Balaban J connectivity index is 1.18. The minimum atomic E-state index is -1.14. The van der Waals surface area contributed by atoms with Crippen LogP contribution in [0.3, 0.4) is 0 Å². The molecule has 3 aromatic rings. The van der Waals surface area contributed by atoms with Gasteiger partial charge < -0.3 is 35.5 Å². The van der Waals surface area contributed by atoms with E-state index < -0.39 is 18.0 Å². The summed E-state index contributed by atoms with van der Waals surface area (Å²) in [6, 6.07) is 11.1. The summed E-state index contributed by atoms with van der Waals surface area (Å²) in [5, 5.41) is 15.2. The Morgan fingerprint density at radius 3 is 2.57 bits per heavy atom. The molecule has 2 aromatic carbocycles. The third kappa shape index (κ3) is 4.70. The molecule has 0 spiro atoms. The smallest absolute Gasteiger partial charge is 0.326 e. The van der Waals surface area contributed by atoms with E-state index in [0.29, 0.717) is 49.1 Å². The van der Waals surface area contributed by atoms with Gasteiger partial charge in [-0.3, -0.25) is 0 Å². The summed E-state index contributed by atoms with van der Waals surface area (Å²) in [6.45, 7) is 1.37. The number of fused-ring (bicyclic) bond motifs is 2. The second-order valence-corrected chi connectivity index (χ2v) is 8.94. The molecule has 0 radical (unpaired) electrons. The predicted molar refractivity (Wildman–Crippen MR) is 128 cm³/mol. The lowest BCUT2D eigenvalue weighted by atomic mass is 10.0. The van der Waals surface area contributed by atoms with E-state index in [0.717, 1.165) is 11.3 Å². The fourth-order valence-corrected chi connectivity index (χ4v) is 4.78. The molecule has 1 unspecified atom stereocenters. The van der Waals surface area contributed by atoms with E-state index in [2.05, 4.69) is 20.6 Å². The molecular formula is C24H26N6O5. The Morgan fingerprint density at radius 2 is 1.80 bits per heavy atom. The average Bonchev–Trinajstić information content (AvgIpc) is 3.22. The van der Waals surface area contributed by atoms with Crippen molar-refractivity contribution in [3.8, 4) is 0 Å². The van der Waals surface area contributed by atoms with Crippen molar-refractivity contribution in [2.75, 3.05) is 18.4 Å². The molecule has 0 aliphatic carbocycles. The van der Waals surface area contributed by atoms with E-state index in [-0.39, 0.29) is 24.2 Å². The number of urea groups is 2. The fraction of sp³-hybridized carbons (Fsp3) is 0.333. The summed E-state index contributed by atoms with van der Waals surface area (Å²) in [7, 11) is 0. The molecule has 2 aliphatic rings. The highest BCUT2D eigenvalue weighted by Crippen LogP contribution is 2.27. The molecule has 11 nitrogen and oxygen atoms in total. The highest BCUT2D eigenvalue weighted by molar-refractivity contribution is 5.92. The van der Waals surface area contributed by atoms with Crippen molar-refractivity contribution < 1.29 is 19.5 Å². The zero-order chi connectivity index (χ0) is 24.5. The lowest BCUT2D eigenvalue weighted by Gasteiger charge is -2.40. The van der Waals surface area contributed by atoms with Gasteiger partial charge in [0, 0.05) is 37.8 Å². The summed E-state index contributed by atoms with van der Waals surface area (Å²) in [5.41, 5.74) is 3.43. The van der Waals surface area contributed by atoms with Crippen LogP contribution in [-0.4, -0.2) is 68.1 Å². The zero-order valence-electron chi connectivity index (χ0n) is 18.9. The number of carbonyl (C=O) groups excluding carboxylic acids is 2. The van der Waals surface area contributed by atoms with Crippen LogP contribution in [0, 0.1) is 0 Å². The van der Waals surface area contributed by atoms with Crippen LogP contribution in [-0.2, 0) is 17.8 Å². The molecule has 2 aliphatic heterocycles. The van der Waals surface area contributed by atoms with Crippen LogP contribution < -0.4 is 16.3 Å². The summed E-state index contributed by atoms with van der Waals surface area (Å²) in [6.07, 6.45) is 1.30. The number of hydrogen-bond donors (Lipinski definition) is 5. The highest BCUT2D eigenvalue weighted by atomic mass is 16.4. The number of H-pyrrole nitrogens is 2. The van der Waals surface area contributed by atoms with E-state index in [1.54, 1.807) is 28.0 Å². The van der Waals surface area contributed by atoms with Crippen LogP contribution in [0.2, 0.25) is 0 Å². The largest absolute Gasteiger partial charge is 0.480 e. The first-order valence-corrected chi connectivity index (χ1v) is 11.5. The van der Waals surface area contributed by atoms with Gasteiger partial charge in [-0.2, -0.15) is 0 Å². The number of carbonyl (C=O) groups is 3. The second-order valence-electron chi connectivity index (χ2n) is 8.94. The number of carboxylic acids is 1. The van der Waals surface area contributed by atoms with Crippen molar-refractivity contribution in [2.45, 2.75) is 37.9 Å². The molecule has 3 heterocycles. The third-order valence-corrected chi connectivity index (χ3v) is 6.67. The van der Waals surface area contributed by atoms with E-state index in [4.69, 9.17) is 0 Å². The maximum Gasteiger partial charge on any atom is 0.326 e. The van der Waals surface area contributed by atoms with Gasteiger partial charge in [-0.1, -0.05) is 24.3 Å². The van der Waals surface area contributed by atoms with Gasteiger partial charge in [0.25, 0.3) is 0 Å². The Bertz CT molecular complexity index is 1340. The van der Waals surface area contributed by atoms with Crippen molar-refractivity contribution in [1.82, 2.24) is 25.1 Å². The number of anilines is 1. The second kappa shape index (κ2) is 9.16. The molecule has 1 saturated heterocycles. The van der Waals surface area contributed by atoms with E-state index in [1.165, 1.54) is 0 Å². The number of carboxylic acid groups (broad SMARTS) is 1. The summed E-state index contributed by atoms with van der Waals surface area (Å²) >= 11 is 0. The van der Waals surface area contributed by atoms with E-state index in [1.807, 2.05) is 24.3 Å². The number of aromatic amines is 2. The number of piperidine rings is 1. The molecular weight excluding hydrogens is 452 g/mol. The Labute approximate surface area is 200 Å². The molecule has 4 amide bonds. The Kier molecular flexibility index (Phi) is 5.89. The number of benzene rings is 2. The van der Waals surface area contributed by atoms with Crippen molar-refractivity contribution in [2.24, 2.45) is 0 Å². The van der Waals surface area contributed by atoms with Crippen LogP contribution in [0.15, 0.2) is 47.3 Å². The average molecular weight is 479 g/mol. The quantitative estimate of drug-likeness (QED) is 0.380. The Hall–Kier alpha value is -4.28. The van der Waals surface area contributed by atoms with Crippen molar-refractivity contribution in [3.05, 3.63) is 64.1 Å². The number of aromatic nitrogens is 2. The SMILES string of the molecule is O=C(O)C(Cc1ccc2[nH]c(=O)[nH]c2c1)NC(=O)N1CCC(N2Cc3ccccc3NC2=O)CC1. The minimum Gasteiger partial charge on any atom is -0.480 e. The van der Waals surface area contributed by atoms with Crippen LogP contribution in [0.5, 0.6) is 0 Å². The van der Waals surface area contributed by atoms with E-state index >= 15 is 0 Å². The van der Waals surface area contributed by atoms with Gasteiger partial charge in [0.2, 0.25) is 0 Å². The molecule has 11 heteroatoms. The van der Waals surface area contributed by atoms with E-state index in [9.17, 15) is 24.3 Å². The zero-order valence-corrected chi connectivity index (χ0v) is 18.9. The van der Waals surface area contributed by atoms with Crippen molar-refractivity contribution in [1.29, 1.82) is 0 Å². The van der Waals surface area contributed by atoms with Crippen LogP contribution in [0.25, 0.3) is 11.0 Å². The Morgan fingerprint density at radius 1 is 1.06 bits per heavy atom. The summed E-state index contributed by atoms with van der Waals surface area (Å²) in [4.78, 5) is 57.4. The van der Waals surface area contributed by atoms with Crippen LogP contribution in [0.1, 0.15) is 24.0 Å². The molecule has 0 saturated carbocycles. The molecule has 1 aromatic heterocycles. The van der Waals surface area contributed by atoms with Crippen LogP contribution >= 0.6 is 0 Å². The summed E-state index contributed by atoms with van der Waals surface area (Å²) < 4.78 is 0. The number of likely N-dealkylation sites (tertiary alicyclic amines) is 1. The van der Waals surface area contributed by atoms with Crippen molar-refractivity contribution in [3.63, 3.8) is 0 Å². The molecule has 5 N–H and O–H groups in total.